The number of aryl methyl sites for hydroxylation is 1. The van der Waals surface area contributed by atoms with E-state index in [0.717, 1.165) is 11.4 Å². The average Bonchev–Trinajstić information content (AvgIpc) is 2.81. The quantitative estimate of drug-likeness (QED) is 0.726. The lowest BCUT2D eigenvalue weighted by molar-refractivity contribution is 0.248. The summed E-state index contributed by atoms with van der Waals surface area (Å²) in [5.41, 5.74) is 1.70. The normalized spacial score (nSPS) is 10.3. The van der Waals surface area contributed by atoms with Gasteiger partial charge in [0.25, 0.3) is 0 Å². The number of aliphatic hydroxyl groups is 1. The van der Waals surface area contributed by atoms with Crippen molar-refractivity contribution in [3.05, 3.63) is 42.1 Å². The van der Waals surface area contributed by atoms with E-state index in [-0.39, 0.29) is 12.6 Å². The van der Waals surface area contributed by atoms with Gasteiger partial charge in [-0.2, -0.15) is 5.10 Å². The number of anilines is 1. The number of aliphatic hydroxyl groups excluding tert-OH is 1. The first kappa shape index (κ1) is 14.1. The monoisotopic (exact) mass is 274 g/mol. The Labute approximate surface area is 117 Å². The molecule has 0 bridgehead atoms. The highest BCUT2D eigenvalue weighted by molar-refractivity contribution is 5.88. The van der Waals surface area contributed by atoms with Crippen LogP contribution in [0, 0.1) is 6.92 Å². The van der Waals surface area contributed by atoms with Crippen molar-refractivity contribution in [2.75, 3.05) is 18.5 Å². The average molecular weight is 274 g/mol. The summed E-state index contributed by atoms with van der Waals surface area (Å²) in [5.74, 6) is 0.607. The van der Waals surface area contributed by atoms with Crippen LogP contribution in [0.3, 0.4) is 0 Å². The van der Waals surface area contributed by atoms with Crippen molar-refractivity contribution in [2.24, 2.45) is 0 Å². The Morgan fingerprint density at radius 1 is 1.35 bits per heavy atom. The Balaban J connectivity index is 2.10. The third-order valence-electron chi connectivity index (χ3n) is 2.69. The maximum absolute atomic E-state index is 11.7. The number of para-hydroxylation sites is 1. The summed E-state index contributed by atoms with van der Waals surface area (Å²) in [6.45, 7) is 2.36. The lowest BCUT2D eigenvalue weighted by atomic mass is 10.3. The molecule has 20 heavy (non-hydrogen) atoms. The van der Waals surface area contributed by atoms with E-state index in [1.165, 1.54) is 0 Å². The van der Waals surface area contributed by atoms with E-state index < -0.39 is 0 Å². The number of aromatic nitrogens is 2. The zero-order chi connectivity index (χ0) is 14.4. The third-order valence-corrected chi connectivity index (χ3v) is 2.69. The van der Waals surface area contributed by atoms with Crippen molar-refractivity contribution in [3.63, 3.8) is 0 Å². The van der Waals surface area contributed by atoms with E-state index in [0.29, 0.717) is 18.8 Å². The molecule has 1 heterocycles. The smallest absolute Gasteiger partial charge is 0.320 e. The number of carbonyl (C=O) groups excluding carboxylic acids is 1. The standard InChI is InChI=1S/C14H18N4O2/c1-11-10-13(16-14(20)15-8-5-9-19)18(17-11)12-6-3-2-4-7-12/h2-4,6-7,10,19H,5,8-9H2,1H3,(H2,15,16,20). The molecular weight excluding hydrogens is 256 g/mol. The summed E-state index contributed by atoms with van der Waals surface area (Å²) in [7, 11) is 0. The number of nitrogens with one attached hydrogen (secondary N) is 2. The Kier molecular flexibility index (Phi) is 4.73. The largest absolute Gasteiger partial charge is 0.396 e. The first-order valence-corrected chi connectivity index (χ1v) is 6.48. The minimum atomic E-state index is -0.310. The second kappa shape index (κ2) is 6.72. The fourth-order valence-corrected chi connectivity index (χ4v) is 1.80. The lowest BCUT2D eigenvalue weighted by Gasteiger charge is -2.09. The predicted molar refractivity (Wildman–Crippen MR) is 77.0 cm³/mol. The molecule has 2 rings (SSSR count). The summed E-state index contributed by atoms with van der Waals surface area (Å²) in [5, 5.41) is 18.5. The highest BCUT2D eigenvalue weighted by Crippen LogP contribution is 2.16. The van der Waals surface area contributed by atoms with Crippen LogP contribution in [0.1, 0.15) is 12.1 Å². The second-order valence-corrected chi connectivity index (χ2v) is 4.38. The van der Waals surface area contributed by atoms with Gasteiger partial charge in [0, 0.05) is 19.2 Å². The molecule has 6 heteroatoms. The van der Waals surface area contributed by atoms with E-state index in [9.17, 15) is 4.79 Å². The number of nitrogens with zero attached hydrogens (tertiary/aromatic N) is 2. The molecule has 6 nitrogen and oxygen atoms in total. The van der Waals surface area contributed by atoms with E-state index in [4.69, 9.17) is 5.11 Å². The minimum Gasteiger partial charge on any atom is -0.396 e. The molecule has 0 atom stereocenters. The SMILES string of the molecule is Cc1cc(NC(=O)NCCCO)n(-c2ccccc2)n1. The van der Waals surface area contributed by atoms with Gasteiger partial charge in [-0.3, -0.25) is 5.32 Å². The molecule has 1 aromatic heterocycles. The topological polar surface area (TPSA) is 79.2 Å². The molecule has 0 saturated carbocycles. The van der Waals surface area contributed by atoms with Crippen molar-refractivity contribution < 1.29 is 9.90 Å². The van der Waals surface area contributed by atoms with Crippen LogP contribution in [0.5, 0.6) is 0 Å². The van der Waals surface area contributed by atoms with Crippen molar-refractivity contribution in [1.82, 2.24) is 15.1 Å². The summed E-state index contributed by atoms with van der Waals surface area (Å²) in [6, 6.07) is 11.1. The van der Waals surface area contributed by atoms with Gasteiger partial charge in [-0.1, -0.05) is 18.2 Å². The summed E-state index contributed by atoms with van der Waals surface area (Å²) < 4.78 is 1.68. The zero-order valence-electron chi connectivity index (χ0n) is 11.3. The van der Waals surface area contributed by atoms with Gasteiger partial charge < -0.3 is 10.4 Å². The highest BCUT2D eigenvalue weighted by atomic mass is 16.3. The van der Waals surface area contributed by atoms with Crippen LogP contribution in [0.25, 0.3) is 5.69 Å². The van der Waals surface area contributed by atoms with Crippen LogP contribution in [-0.4, -0.2) is 34.1 Å². The fourth-order valence-electron chi connectivity index (χ4n) is 1.80. The van der Waals surface area contributed by atoms with Crippen molar-refractivity contribution in [1.29, 1.82) is 0 Å². The maximum Gasteiger partial charge on any atom is 0.320 e. The van der Waals surface area contributed by atoms with Gasteiger partial charge in [-0.15, -0.1) is 0 Å². The molecule has 2 amide bonds. The molecule has 0 aliphatic carbocycles. The van der Waals surface area contributed by atoms with Gasteiger partial charge in [-0.05, 0) is 25.5 Å². The van der Waals surface area contributed by atoms with Gasteiger partial charge in [0.1, 0.15) is 5.82 Å². The molecule has 0 fully saturated rings. The first-order valence-electron chi connectivity index (χ1n) is 6.48. The van der Waals surface area contributed by atoms with Crippen molar-refractivity contribution in [3.8, 4) is 5.69 Å². The molecule has 106 valence electrons. The van der Waals surface area contributed by atoms with E-state index in [1.54, 1.807) is 10.7 Å². The minimum absolute atomic E-state index is 0.0569. The highest BCUT2D eigenvalue weighted by Gasteiger charge is 2.10. The van der Waals surface area contributed by atoms with Crippen LogP contribution in [0.4, 0.5) is 10.6 Å². The predicted octanol–water partition coefficient (Wildman–Crippen LogP) is 1.68. The first-order chi connectivity index (χ1) is 9.70. The van der Waals surface area contributed by atoms with E-state index >= 15 is 0 Å². The van der Waals surface area contributed by atoms with E-state index in [2.05, 4.69) is 15.7 Å². The fraction of sp³-hybridized carbons (Fsp3) is 0.286. The van der Waals surface area contributed by atoms with E-state index in [1.807, 2.05) is 37.3 Å². The van der Waals surface area contributed by atoms with Gasteiger partial charge in [0.05, 0.1) is 11.4 Å². The number of hydrogen-bond acceptors (Lipinski definition) is 3. The zero-order valence-corrected chi connectivity index (χ0v) is 11.3. The molecule has 0 aliphatic rings. The summed E-state index contributed by atoms with van der Waals surface area (Å²) in [6.07, 6.45) is 0.532. The van der Waals surface area contributed by atoms with Gasteiger partial charge in [0.2, 0.25) is 0 Å². The number of rotatable bonds is 5. The van der Waals surface area contributed by atoms with Crippen LogP contribution in [0.2, 0.25) is 0 Å². The molecule has 0 aliphatic heterocycles. The molecule has 0 spiro atoms. The van der Waals surface area contributed by atoms with Gasteiger partial charge >= 0.3 is 6.03 Å². The Hall–Kier alpha value is -2.34. The molecule has 2 aromatic rings. The molecule has 3 N–H and O–H groups in total. The summed E-state index contributed by atoms with van der Waals surface area (Å²) >= 11 is 0. The summed E-state index contributed by atoms with van der Waals surface area (Å²) in [4.78, 5) is 11.7. The maximum atomic E-state index is 11.7. The number of benzene rings is 1. The Morgan fingerprint density at radius 2 is 2.10 bits per heavy atom. The number of carbonyl (C=O) groups is 1. The van der Waals surface area contributed by atoms with Gasteiger partial charge in [0.15, 0.2) is 0 Å². The Morgan fingerprint density at radius 3 is 2.80 bits per heavy atom. The van der Waals surface area contributed by atoms with Crippen LogP contribution < -0.4 is 10.6 Å². The third kappa shape index (κ3) is 3.58. The van der Waals surface area contributed by atoms with Crippen LogP contribution in [-0.2, 0) is 0 Å². The van der Waals surface area contributed by atoms with Crippen LogP contribution in [0.15, 0.2) is 36.4 Å². The number of amides is 2. The number of hydrogen-bond donors (Lipinski definition) is 3. The molecule has 0 unspecified atom stereocenters. The molecule has 1 aromatic carbocycles. The van der Waals surface area contributed by atoms with Crippen LogP contribution >= 0.6 is 0 Å². The van der Waals surface area contributed by atoms with Crippen molar-refractivity contribution in [2.45, 2.75) is 13.3 Å². The second-order valence-electron chi connectivity index (χ2n) is 4.38. The number of urea groups is 1. The molecule has 0 saturated heterocycles. The van der Waals surface area contributed by atoms with Crippen molar-refractivity contribution >= 4 is 11.8 Å². The molecule has 0 radical (unpaired) electrons. The molecular formula is C14H18N4O2. The van der Waals surface area contributed by atoms with Gasteiger partial charge in [-0.25, -0.2) is 9.48 Å². The Bertz CT molecular complexity index is 566. The lowest BCUT2D eigenvalue weighted by Crippen LogP contribution is -2.30.